The van der Waals surface area contributed by atoms with Crippen LogP contribution < -0.4 is 20.1 Å². The molecule has 0 saturated carbocycles. The van der Waals surface area contributed by atoms with Gasteiger partial charge in [-0.2, -0.15) is 0 Å². The van der Waals surface area contributed by atoms with Crippen molar-refractivity contribution < 1.29 is 14.3 Å². The molecule has 1 aliphatic heterocycles. The number of benzene rings is 2. The van der Waals surface area contributed by atoms with Gasteiger partial charge in [-0.3, -0.25) is 4.79 Å². The molecule has 2 heterocycles. The van der Waals surface area contributed by atoms with E-state index >= 15 is 0 Å². The molecule has 4 rings (SSSR count). The monoisotopic (exact) mass is 395 g/mol. The summed E-state index contributed by atoms with van der Waals surface area (Å²) in [5.74, 6) is 1.23. The van der Waals surface area contributed by atoms with Gasteiger partial charge in [0.1, 0.15) is 5.69 Å². The van der Waals surface area contributed by atoms with Crippen LogP contribution in [0, 0.1) is 6.92 Å². The Morgan fingerprint density at radius 3 is 2.79 bits per heavy atom. The molecule has 0 saturated heterocycles. The third-order valence-corrected chi connectivity index (χ3v) is 4.61. The minimum Gasteiger partial charge on any atom is -0.454 e. The zero-order chi connectivity index (χ0) is 19.5. The summed E-state index contributed by atoms with van der Waals surface area (Å²) in [6.07, 6.45) is 1.63. The van der Waals surface area contributed by atoms with Crippen molar-refractivity contribution >= 4 is 28.9 Å². The highest BCUT2D eigenvalue weighted by Crippen LogP contribution is 2.32. The molecule has 0 radical (unpaired) electrons. The fourth-order valence-corrected chi connectivity index (χ4v) is 2.98. The highest BCUT2D eigenvalue weighted by Gasteiger charge is 2.13. The Morgan fingerprint density at radius 1 is 1.11 bits per heavy atom. The molecule has 1 aliphatic rings. The second-order valence-electron chi connectivity index (χ2n) is 6.39. The Bertz CT molecular complexity index is 1020. The molecule has 3 aromatic rings. The summed E-state index contributed by atoms with van der Waals surface area (Å²) in [5, 5.41) is 6.68. The average Bonchev–Trinajstić information content (AvgIpc) is 3.17. The molecule has 1 amide bonds. The molecule has 28 heavy (non-hydrogen) atoms. The van der Waals surface area contributed by atoms with Gasteiger partial charge in [0, 0.05) is 17.3 Å². The first-order valence-electron chi connectivity index (χ1n) is 8.74. The van der Waals surface area contributed by atoms with Crippen LogP contribution in [-0.2, 0) is 6.54 Å². The second-order valence-corrected chi connectivity index (χ2v) is 6.82. The molecule has 0 atom stereocenters. The van der Waals surface area contributed by atoms with E-state index < -0.39 is 0 Å². The lowest BCUT2D eigenvalue weighted by Crippen LogP contribution is -2.14. The van der Waals surface area contributed by atoms with E-state index in [2.05, 4.69) is 15.6 Å². The number of anilines is 2. The summed E-state index contributed by atoms with van der Waals surface area (Å²) in [7, 11) is 0. The van der Waals surface area contributed by atoms with E-state index in [-0.39, 0.29) is 12.7 Å². The lowest BCUT2D eigenvalue weighted by molar-refractivity contribution is 0.102. The van der Waals surface area contributed by atoms with Crippen LogP contribution >= 0.6 is 11.6 Å². The number of amides is 1. The van der Waals surface area contributed by atoms with Gasteiger partial charge in [0.15, 0.2) is 11.5 Å². The van der Waals surface area contributed by atoms with Crippen molar-refractivity contribution in [3.8, 4) is 11.5 Å². The van der Waals surface area contributed by atoms with Gasteiger partial charge in [0.05, 0.1) is 11.9 Å². The van der Waals surface area contributed by atoms with Crippen molar-refractivity contribution in [2.75, 3.05) is 17.4 Å². The minimum atomic E-state index is -0.285. The van der Waals surface area contributed by atoms with Crippen molar-refractivity contribution in [3.63, 3.8) is 0 Å². The van der Waals surface area contributed by atoms with Crippen molar-refractivity contribution in [3.05, 3.63) is 76.6 Å². The lowest BCUT2D eigenvalue weighted by Gasteiger charge is -2.10. The zero-order valence-corrected chi connectivity index (χ0v) is 15.9. The van der Waals surface area contributed by atoms with Crippen molar-refractivity contribution in [1.82, 2.24) is 4.98 Å². The SMILES string of the molecule is Cc1ccc(Cl)cc1NC(=O)c1ccc(NCc2ccc3c(c2)OCO3)cn1. The number of nitrogens with one attached hydrogen (secondary N) is 2. The maximum Gasteiger partial charge on any atom is 0.274 e. The molecule has 0 fully saturated rings. The van der Waals surface area contributed by atoms with Crippen LogP contribution in [0.3, 0.4) is 0 Å². The fraction of sp³-hybridized carbons (Fsp3) is 0.143. The second kappa shape index (κ2) is 7.78. The van der Waals surface area contributed by atoms with E-state index in [1.165, 1.54) is 0 Å². The molecule has 1 aromatic heterocycles. The van der Waals surface area contributed by atoms with Crippen LogP contribution in [0.2, 0.25) is 5.02 Å². The molecule has 0 bridgehead atoms. The molecule has 0 spiro atoms. The maximum atomic E-state index is 12.4. The normalized spacial score (nSPS) is 11.9. The highest BCUT2D eigenvalue weighted by molar-refractivity contribution is 6.31. The quantitative estimate of drug-likeness (QED) is 0.658. The third-order valence-electron chi connectivity index (χ3n) is 4.38. The van der Waals surface area contributed by atoms with Crippen LogP contribution in [0.5, 0.6) is 11.5 Å². The summed E-state index contributed by atoms with van der Waals surface area (Å²) < 4.78 is 10.7. The van der Waals surface area contributed by atoms with E-state index in [9.17, 15) is 4.79 Å². The maximum absolute atomic E-state index is 12.4. The van der Waals surface area contributed by atoms with E-state index in [1.807, 2.05) is 37.3 Å². The number of fused-ring (bicyclic) bond motifs is 1. The molecule has 6 nitrogen and oxygen atoms in total. The fourth-order valence-electron chi connectivity index (χ4n) is 2.80. The van der Waals surface area contributed by atoms with E-state index in [0.29, 0.717) is 22.9 Å². The number of carbonyl (C=O) groups excluding carboxylic acids is 1. The van der Waals surface area contributed by atoms with E-state index in [4.69, 9.17) is 21.1 Å². The highest BCUT2D eigenvalue weighted by atomic mass is 35.5. The van der Waals surface area contributed by atoms with Gasteiger partial charge in [-0.15, -0.1) is 0 Å². The van der Waals surface area contributed by atoms with E-state index in [1.54, 1.807) is 24.4 Å². The Balaban J connectivity index is 1.38. The Kier molecular flexibility index (Phi) is 5.04. The van der Waals surface area contributed by atoms with E-state index in [0.717, 1.165) is 28.3 Å². The van der Waals surface area contributed by atoms with Crippen molar-refractivity contribution in [2.24, 2.45) is 0 Å². The summed E-state index contributed by atoms with van der Waals surface area (Å²) in [5.41, 5.74) is 3.80. The number of carbonyl (C=O) groups is 1. The van der Waals surface area contributed by atoms with Gasteiger partial charge in [-0.1, -0.05) is 23.7 Å². The number of nitrogens with zero attached hydrogens (tertiary/aromatic N) is 1. The third kappa shape index (κ3) is 4.02. The van der Waals surface area contributed by atoms with Crippen LogP contribution in [0.1, 0.15) is 21.6 Å². The number of halogens is 1. The number of pyridine rings is 1. The number of aromatic nitrogens is 1. The topological polar surface area (TPSA) is 72.5 Å². The first kappa shape index (κ1) is 18.1. The van der Waals surface area contributed by atoms with Gasteiger partial charge in [-0.05, 0) is 54.4 Å². The average molecular weight is 396 g/mol. The number of ether oxygens (including phenoxy) is 2. The number of hydrogen-bond acceptors (Lipinski definition) is 5. The summed E-state index contributed by atoms with van der Waals surface area (Å²) in [6, 6.07) is 14.7. The van der Waals surface area contributed by atoms with Gasteiger partial charge < -0.3 is 20.1 Å². The Labute approximate surface area is 167 Å². The molecule has 2 N–H and O–H groups in total. The molecule has 7 heteroatoms. The van der Waals surface area contributed by atoms with Gasteiger partial charge >= 0.3 is 0 Å². The predicted molar refractivity (Wildman–Crippen MR) is 108 cm³/mol. The first-order chi connectivity index (χ1) is 13.6. The van der Waals surface area contributed by atoms with Gasteiger partial charge in [0.2, 0.25) is 6.79 Å². The zero-order valence-electron chi connectivity index (χ0n) is 15.2. The molecule has 0 aliphatic carbocycles. The molecular formula is C21H18ClN3O3. The molecule has 0 unspecified atom stereocenters. The van der Waals surface area contributed by atoms with Gasteiger partial charge in [0.25, 0.3) is 5.91 Å². The summed E-state index contributed by atoms with van der Waals surface area (Å²) in [6.45, 7) is 2.77. The first-order valence-corrected chi connectivity index (χ1v) is 9.12. The number of rotatable bonds is 5. The number of hydrogen-bond donors (Lipinski definition) is 2. The standard InChI is InChI=1S/C21H18ClN3O3/c1-13-2-4-15(22)9-18(13)25-21(26)17-6-5-16(11-24-17)23-10-14-3-7-19-20(8-14)28-12-27-19/h2-9,11,23H,10,12H2,1H3,(H,25,26). The molecular weight excluding hydrogens is 378 g/mol. The van der Waals surface area contributed by atoms with Crippen LogP contribution in [0.25, 0.3) is 0 Å². The lowest BCUT2D eigenvalue weighted by atomic mass is 10.2. The van der Waals surface area contributed by atoms with Crippen LogP contribution in [-0.4, -0.2) is 17.7 Å². The Morgan fingerprint density at radius 2 is 1.96 bits per heavy atom. The van der Waals surface area contributed by atoms with Crippen LogP contribution in [0.15, 0.2) is 54.7 Å². The molecule has 2 aromatic carbocycles. The van der Waals surface area contributed by atoms with Crippen molar-refractivity contribution in [2.45, 2.75) is 13.5 Å². The summed E-state index contributed by atoms with van der Waals surface area (Å²) >= 11 is 5.99. The smallest absolute Gasteiger partial charge is 0.274 e. The predicted octanol–water partition coefficient (Wildman–Crippen LogP) is 4.64. The Hall–Kier alpha value is -3.25. The summed E-state index contributed by atoms with van der Waals surface area (Å²) in [4.78, 5) is 16.7. The van der Waals surface area contributed by atoms with Gasteiger partial charge in [-0.25, -0.2) is 4.98 Å². The molecule has 142 valence electrons. The van der Waals surface area contributed by atoms with Crippen LogP contribution in [0.4, 0.5) is 11.4 Å². The van der Waals surface area contributed by atoms with Crippen molar-refractivity contribution in [1.29, 1.82) is 0 Å². The largest absolute Gasteiger partial charge is 0.454 e. The number of aryl methyl sites for hydroxylation is 1. The minimum absolute atomic E-state index is 0.258.